The number of amides is 1. The number of carbonyl (C=O) groups is 1. The van der Waals surface area contributed by atoms with Gasteiger partial charge in [0.1, 0.15) is 6.04 Å². The zero-order chi connectivity index (χ0) is 16.9. The molecule has 0 aromatic carbocycles. The molecule has 0 saturated carbocycles. The van der Waals surface area contributed by atoms with E-state index in [0.29, 0.717) is 26.1 Å². The number of ether oxygens (including phenoxy) is 1. The zero-order valence-electron chi connectivity index (χ0n) is 14.4. The van der Waals surface area contributed by atoms with Crippen LogP contribution in [0, 0.1) is 0 Å². The predicted octanol–water partition coefficient (Wildman–Crippen LogP) is 1.61. The molecule has 134 valence electrons. The molecule has 0 aromatic rings. The molecule has 2 fully saturated rings. The Balaban J connectivity index is 2.08. The maximum absolute atomic E-state index is 13.0. The first-order chi connectivity index (χ1) is 10.9. The van der Waals surface area contributed by atoms with Gasteiger partial charge in [0.25, 0.3) is 0 Å². The summed E-state index contributed by atoms with van der Waals surface area (Å²) in [6.45, 7) is 4.50. The Bertz CT molecular complexity index is 488. The second kappa shape index (κ2) is 8.44. The second-order valence-corrected chi connectivity index (χ2v) is 8.59. The summed E-state index contributed by atoms with van der Waals surface area (Å²) in [6, 6.07) is -0.533. The van der Waals surface area contributed by atoms with Crippen molar-refractivity contribution in [3.63, 3.8) is 0 Å². The van der Waals surface area contributed by atoms with Crippen molar-refractivity contribution in [3.8, 4) is 0 Å². The fourth-order valence-electron chi connectivity index (χ4n) is 3.52. The van der Waals surface area contributed by atoms with Crippen LogP contribution in [0.1, 0.15) is 51.9 Å². The van der Waals surface area contributed by atoms with E-state index in [-0.39, 0.29) is 12.0 Å². The number of rotatable bonds is 6. The summed E-state index contributed by atoms with van der Waals surface area (Å²) in [5.74, 6) is -0.0499. The van der Waals surface area contributed by atoms with E-state index in [4.69, 9.17) is 4.74 Å². The van der Waals surface area contributed by atoms with E-state index in [2.05, 4.69) is 0 Å². The molecule has 0 aromatic heterocycles. The number of sulfonamides is 1. The fourth-order valence-corrected chi connectivity index (χ4v) is 4.64. The van der Waals surface area contributed by atoms with Crippen molar-refractivity contribution in [1.29, 1.82) is 0 Å². The molecule has 2 heterocycles. The third-order valence-corrected chi connectivity index (χ3v) is 5.96. The van der Waals surface area contributed by atoms with Gasteiger partial charge in [-0.25, -0.2) is 8.42 Å². The molecule has 6 nitrogen and oxygen atoms in total. The molecule has 0 N–H and O–H groups in total. The van der Waals surface area contributed by atoms with Crippen molar-refractivity contribution in [2.45, 2.75) is 64.0 Å². The first kappa shape index (κ1) is 18.7. The molecule has 2 rings (SSSR count). The largest absolute Gasteiger partial charge is 0.376 e. The summed E-state index contributed by atoms with van der Waals surface area (Å²) < 4.78 is 31.2. The summed E-state index contributed by atoms with van der Waals surface area (Å²) in [4.78, 5) is 14.8. The van der Waals surface area contributed by atoms with Crippen molar-refractivity contribution < 1.29 is 17.9 Å². The van der Waals surface area contributed by atoms with Crippen molar-refractivity contribution in [1.82, 2.24) is 9.21 Å². The van der Waals surface area contributed by atoms with Crippen LogP contribution in [0.25, 0.3) is 0 Å². The third-order valence-electron chi connectivity index (χ3n) is 4.67. The summed E-state index contributed by atoms with van der Waals surface area (Å²) in [5.41, 5.74) is 0. The lowest BCUT2D eigenvalue weighted by Gasteiger charge is -2.37. The second-order valence-electron chi connectivity index (χ2n) is 6.66. The molecular formula is C16H30N2O4S. The molecule has 1 amide bonds. The Kier molecular flexibility index (Phi) is 6.85. The van der Waals surface area contributed by atoms with Gasteiger partial charge in [0, 0.05) is 26.2 Å². The molecule has 2 atom stereocenters. The van der Waals surface area contributed by atoms with Gasteiger partial charge in [0.15, 0.2) is 0 Å². The van der Waals surface area contributed by atoms with Crippen LogP contribution < -0.4 is 0 Å². The van der Waals surface area contributed by atoms with Gasteiger partial charge < -0.3 is 9.64 Å². The van der Waals surface area contributed by atoms with E-state index in [1.165, 1.54) is 10.6 Å². The lowest BCUT2D eigenvalue weighted by atomic mass is 10.0. The van der Waals surface area contributed by atoms with Crippen molar-refractivity contribution in [3.05, 3.63) is 0 Å². The SMILES string of the molecule is CCCN(CC1CCCCO1)C(=O)C1CCCCN1S(C)(=O)=O. The minimum Gasteiger partial charge on any atom is -0.376 e. The molecule has 2 aliphatic heterocycles. The molecule has 0 bridgehead atoms. The van der Waals surface area contributed by atoms with Gasteiger partial charge >= 0.3 is 0 Å². The van der Waals surface area contributed by atoms with E-state index < -0.39 is 16.1 Å². The Morgan fingerprint density at radius 1 is 1.22 bits per heavy atom. The van der Waals surface area contributed by atoms with Gasteiger partial charge in [0.05, 0.1) is 12.4 Å². The fraction of sp³-hybridized carbons (Fsp3) is 0.938. The van der Waals surface area contributed by atoms with Gasteiger partial charge in [-0.05, 0) is 38.5 Å². The minimum atomic E-state index is -3.35. The van der Waals surface area contributed by atoms with Crippen LogP contribution in [0.15, 0.2) is 0 Å². The summed E-state index contributed by atoms with van der Waals surface area (Å²) in [6.07, 6.45) is 7.72. The Hall–Kier alpha value is -0.660. The lowest BCUT2D eigenvalue weighted by Crippen LogP contribution is -2.54. The molecule has 23 heavy (non-hydrogen) atoms. The van der Waals surface area contributed by atoms with Crippen LogP contribution in [-0.4, -0.2) is 68.2 Å². The van der Waals surface area contributed by atoms with Crippen LogP contribution in [0.2, 0.25) is 0 Å². The number of nitrogens with zero attached hydrogens (tertiary/aromatic N) is 2. The molecule has 2 aliphatic rings. The quantitative estimate of drug-likeness (QED) is 0.733. The van der Waals surface area contributed by atoms with E-state index in [1.54, 1.807) is 0 Å². The molecule has 0 radical (unpaired) electrons. The average molecular weight is 346 g/mol. The summed E-state index contributed by atoms with van der Waals surface area (Å²) >= 11 is 0. The Morgan fingerprint density at radius 3 is 2.57 bits per heavy atom. The van der Waals surface area contributed by atoms with Gasteiger partial charge in [-0.15, -0.1) is 0 Å². The topological polar surface area (TPSA) is 66.9 Å². The van der Waals surface area contributed by atoms with Crippen molar-refractivity contribution in [2.75, 3.05) is 32.5 Å². The van der Waals surface area contributed by atoms with Gasteiger partial charge in [-0.2, -0.15) is 4.31 Å². The van der Waals surface area contributed by atoms with E-state index >= 15 is 0 Å². The average Bonchev–Trinajstić information content (AvgIpc) is 2.54. The molecule has 7 heteroatoms. The van der Waals surface area contributed by atoms with Crippen LogP contribution >= 0.6 is 0 Å². The maximum atomic E-state index is 13.0. The predicted molar refractivity (Wildman–Crippen MR) is 89.7 cm³/mol. The van der Waals surface area contributed by atoms with Crippen LogP contribution in [0.4, 0.5) is 0 Å². The van der Waals surface area contributed by atoms with E-state index in [0.717, 1.165) is 45.1 Å². The highest BCUT2D eigenvalue weighted by molar-refractivity contribution is 7.88. The minimum absolute atomic E-state index is 0.0499. The Morgan fingerprint density at radius 2 is 1.96 bits per heavy atom. The van der Waals surface area contributed by atoms with E-state index in [9.17, 15) is 13.2 Å². The number of hydrogen-bond donors (Lipinski definition) is 0. The molecule has 2 unspecified atom stereocenters. The smallest absolute Gasteiger partial charge is 0.241 e. The zero-order valence-corrected chi connectivity index (χ0v) is 15.2. The van der Waals surface area contributed by atoms with Gasteiger partial charge in [-0.1, -0.05) is 13.3 Å². The lowest BCUT2D eigenvalue weighted by molar-refractivity contribution is -0.139. The van der Waals surface area contributed by atoms with Gasteiger partial charge in [-0.3, -0.25) is 4.79 Å². The monoisotopic (exact) mass is 346 g/mol. The highest BCUT2D eigenvalue weighted by atomic mass is 32.2. The van der Waals surface area contributed by atoms with Crippen molar-refractivity contribution in [2.24, 2.45) is 0 Å². The van der Waals surface area contributed by atoms with E-state index in [1.807, 2.05) is 11.8 Å². The molecule has 0 aliphatic carbocycles. The maximum Gasteiger partial charge on any atom is 0.241 e. The van der Waals surface area contributed by atoms with Crippen LogP contribution in [0.5, 0.6) is 0 Å². The summed E-state index contributed by atoms with van der Waals surface area (Å²) in [5, 5.41) is 0. The Labute approximate surface area is 140 Å². The highest BCUT2D eigenvalue weighted by Crippen LogP contribution is 2.23. The molecular weight excluding hydrogens is 316 g/mol. The third kappa shape index (κ3) is 5.16. The first-order valence-corrected chi connectivity index (χ1v) is 10.7. The van der Waals surface area contributed by atoms with Crippen LogP contribution in [-0.2, 0) is 19.6 Å². The molecule has 0 spiro atoms. The standard InChI is InChI=1S/C16H30N2O4S/c1-3-10-17(13-14-8-5-7-12-22-14)16(19)15-9-4-6-11-18(15)23(2,20)21/h14-15H,3-13H2,1-2H3. The summed E-state index contributed by atoms with van der Waals surface area (Å²) in [7, 11) is -3.35. The van der Waals surface area contributed by atoms with Crippen LogP contribution in [0.3, 0.4) is 0 Å². The van der Waals surface area contributed by atoms with Crippen molar-refractivity contribution >= 4 is 15.9 Å². The number of piperidine rings is 1. The number of hydrogen-bond acceptors (Lipinski definition) is 4. The highest BCUT2D eigenvalue weighted by Gasteiger charge is 2.37. The van der Waals surface area contributed by atoms with Gasteiger partial charge in [0.2, 0.25) is 15.9 Å². The first-order valence-electron chi connectivity index (χ1n) is 8.80. The normalized spacial score (nSPS) is 26.9. The number of carbonyl (C=O) groups excluding carboxylic acids is 1. The molecule has 2 saturated heterocycles.